The van der Waals surface area contributed by atoms with Crippen LogP contribution in [0.1, 0.15) is 6.92 Å². The molecule has 2 nitrogen and oxygen atoms in total. The van der Waals surface area contributed by atoms with E-state index in [4.69, 9.17) is 0 Å². The Morgan fingerprint density at radius 3 is 2.89 bits per heavy atom. The molecule has 1 amide bonds. The smallest absolute Gasteiger partial charge is 0.243 e. The molecule has 0 aromatic heterocycles. The quantitative estimate of drug-likeness (QED) is 0.526. The van der Waals surface area contributed by atoms with Gasteiger partial charge in [-0.1, -0.05) is 22.0 Å². The molecule has 0 aromatic rings. The largest absolute Gasteiger partial charge is 0.353 e. The number of halogens is 1. The Bertz CT molecular complexity index is 112. The number of allylic oxidation sites excluding steroid dienone is 1. The molecule has 0 aliphatic heterocycles. The minimum absolute atomic E-state index is 0.0306. The summed E-state index contributed by atoms with van der Waals surface area (Å²) in [7, 11) is 0. The third-order valence-corrected chi connectivity index (χ3v) is 1.08. The lowest BCUT2D eigenvalue weighted by atomic mass is 10.5. The Morgan fingerprint density at radius 1 is 1.78 bits per heavy atom. The average molecular weight is 192 g/mol. The average Bonchev–Trinajstić information content (AvgIpc) is 1.85. The van der Waals surface area contributed by atoms with Gasteiger partial charge in [0.15, 0.2) is 0 Å². The first-order valence-corrected chi connectivity index (χ1v) is 3.93. The maximum Gasteiger partial charge on any atom is 0.243 e. The summed E-state index contributed by atoms with van der Waals surface area (Å²) >= 11 is 3.16. The highest BCUT2D eigenvalue weighted by Crippen LogP contribution is 1.80. The molecule has 0 bridgehead atoms. The minimum atomic E-state index is -0.0306. The molecule has 0 saturated heterocycles. The third kappa shape index (κ3) is 5.56. The molecule has 0 spiro atoms. The fraction of sp³-hybridized carbons (Fsp3) is 0.500. The van der Waals surface area contributed by atoms with Crippen molar-refractivity contribution in [3.8, 4) is 0 Å². The summed E-state index contributed by atoms with van der Waals surface area (Å²) in [4.78, 5) is 10.6. The first-order chi connectivity index (χ1) is 4.31. The van der Waals surface area contributed by atoms with E-state index in [1.54, 1.807) is 6.08 Å². The molecule has 0 radical (unpaired) electrons. The van der Waals surface area contributed by atoms with E-state index < -0.39 is 0 Å². The molecular weight excluding hydrogens is 182 g/mol. The van der Waals surface area contributed by atoms with Gasteiger partial charge in [0.2, 0.25) is 5.91 Å². The second-order valence-electron chi connectivity index (χ2n) is 1.45. The molecule has 0 saturated carbocycles. The van der Waals surface area contributed by atoms with Gasteiger partial charge in [-0.05, 0) is 13.0 Å². The Balaban J connectivity index is 3.37. The number of hydrogen-bond donors (Lipinski definition) is 1. The van der Waals surface area contributed by atoms with Gasteiger partial charge in [0.25, 0.3) is 0 Å². The van der Waals surface area contributed by atoms with Gasteiger partial charge in [-0.3, -0.25) is 4.79 Å². The highest BCUT2D eigenvalue weighted by molar-refractivity contribution is 9.09. The topological polar surface area (TPSA) is 29.1 Å². The molecule has 0 unspecified atom stereocenters. The number of rotatable bonds is 3. The van der Waals surface area contributed by atoms with Crippen LogP contribution in [0.2, 0.25) is 0 Å². The summed E-state index contributed by atoms with van der Waals surface area (Å²) < 4.78 is 0. The fourth-order valence-corrected chi connectivity index (χ4v) is 0.572. The molecule has 0 aromatic carbocycles. The van der Waals surface area contributed by atoms with Crippen LogP contribution in [0.15, 0.2) is 12.2 Å². The predicted octanol–water partition coefficient (Wildman–Crippen LogP) is 1.07. The van der Waals surface area contributed by atoms with E-state index in [2.05, 4.69) is 21.2 Å². The highest BCUT2D eigenvalue weighted by Gasteiger charge is 1.86. The molecule has 0 aliphatic rings. The van der Waals surface area contributed by atoms with E-state index in [-0.39, 0.29) is 5.91 Å². The first kappa shape index (κ1) is 8.69. The summed E-state index contributed by atoms with van der Waals surface area (Å²) in [6, 6.07) is 0. The van der Waals surface area contributed by atoms with Crippen LogP contribution in [-0.2, 0) is 4.79 Å². The summed E-state index contributed by atoms with van der Waals surface area (Å²) in [6.07, 6.45) is 3.27. The Hall–Kier alpha value is -0.310. The standard InChI is InChI=1S/C6H10BrNO/c1-2-8-6(9)4-3-5-7/h3-4H,2,5H2,1H3,(H,8,9). The van der Waals surface area contributed by atoms with Gasteiger partial charge >= 0.3 is 0 Å². The SMILES string of the molecule is CCNC(=O)C=CCBr. The Kier molecular flexibility index (Phi) is 5.62. The number of amides is 1. The Labute approximate surface area is 63.5 Å². The van der Waals surface area contributed by atoms with Gasteiger partial charge in [-0.25, -0.2) is 0 Å². The van der Waals surface area contributed by atoms with Gasteiger partial charge in [0, 0.05) is 11.9 Å². The van der Waals surface area contributed by atoms with Crippen molar-refractivity contribution in [3.63, 3.8) is 0 Å². The predicted molar refractivity (Wildman–Crippen MR) is 41.6 cm³/mol. The second-order valence-corrected chi connectivity index (χ2v) is 2.10. The number of carbonyl (C=O) groups excluding carboxylic acids is 1. The molecule has 0 heterocycles. The van der Waals surface area contributed by atoms with E-state index in [1.165, 1.54) is 6.08 Å². The number of hydrogen-bond acceptors (Lipinski definition) is 1. The summed E-state index contributed by atoms with van der Waals surface area (Å²) in [5.41, 5.74) is 0. The van der Waals surface area contributed by atoms with Crippen LogP contribution in [0.5, 0.6) is 0 Å². The maximum absolute atomic E-state index is 10.6. The first-order valence-electron chi connectivity index (χ1n) is 2.81. The second kappa shape index (κ2) is 5.82. The number of carbonyl (C=O) groups is 1. The molecular formula is C6H10BrNO. The minimum Gasteiger partial charge on any atom is -0.353 e. The number of alkyl halides is 1. The van der Waals surface area contributed by atoms with E-state index >= 15 is 0 Å². The lowest BCUT2D eigenvalue weighted by Gasteiger charge is -1.92. The normalized spacial score (nSPS) is 10.0. The molecule has 9 heavy (non-hydrogen) atoms. The van der Waals surface area contributed by atoms with Crippen molar-refractivity contribution >= 4 is 21.8 Å². The van der Waals surface area contributed by atoms with Crippen LogP contribution in [0.4, 0.5) is 0 Å². The molecule has 0 aliphatic carbocycles. The van der Waals surface area contributed by atoms with Crippen molar-refractivity contribution in [1.82, 2.24) is 5.32 Å². The lowest BCUT2D eigenvalue weighted by molar-refractivity contribution is -0.116. The van der Waals surface area contributed by atoms with Crippen LogP contribution >= 0.6 is 15.9 Å². The van der Waals surface area contributed by atoms with Crippen molar-refractivity contribution in [2.24, 2.45) is 0 Å². The molecule has 52 valence electrons. The fourth-order valence-electron chi connectivity index (χ4n) is 0.385. The zero-order valence-electron chi connectivity index (χ0n) is 5.36. The summed E-state index contributed by atoms with van der Waals surface area (Å²) in [5.74, 6) is -0.0306. The summed E-state index contributed by atoms with van der Waals surface area (Å²) in [5, 5.41) is 3.36. The van der Waals surface area contributed by atoms with Crippen molar-refractivity contribution < 1.29 is 4.79 Å². The van der Waals surface area contributed by atoms with Crippen molar-refractivity contribution in [3.05, 3.63) is 12.2 Å². The Morgan fingerprint density at radius 2 is 2.44 bits per heavy atom. The molecule has 3 heteroatoms. The van der Waals surface area contributed by atoms with Gasteiger partial charge in [-0.15, -0.1) is 0 Å². The van der Waals surface area contributed by atoms with Crippen LogP contribution in [0.25, 0.3) is 0 Å². The third-order valence-electron chi connectivity index (χ3n) is 0.709. The molecule has 1 N–H and O–H groups in total. The van der Waals surface area contributed by atoms with E-state index in [0.29, 0.717) is 6.54 Å². The maximum atomic E-state index is 10.6. The van der Waals surface area contributed by atoms with Crippen LogP contribution in [0.3, 0.4) is 0 Å². The highest BCUT2D eigenvalue weighted by atomic mass is 79.9. The van der Waals surface area contributed by atoms with Crippen LogP contribution < -0.4 is 5.32 Å². The monoisotopic (exact) mass is 191 g/mol. The zero-order chi connectivity index (χ0) is 7.11. The molecule has 0 atom stereocenters. The van der Waals surface area contributed by atoms with E-state index in [1.807, 2.05) is 6.92 Å². The van der Waals surface area contributed by atoms with Crippen molar-refractivity contribution in [2.75, 3.05) is 11.9 Å². The van der Waals surface area contributed by atoms with Gasteiger partial charge in [0.05, 0.1) is 0 Å². The summed E-state index contributed by atoms with van der Waals surface area (Å²) in [6.45, 7) is 2.57. The van der Waals surface area contributed by atoms with E-state index in [0.717, 1.165) is 5.33 Å². The van der Waals surface area contributed by atoms with Gasteiger partial charge in [-0.2, -0.15) is 0 Å². The van der Waals surface area contributed by atoms with Crippen molar-refractivity contribution in [2.45, 2.75) is 6.92 Å². The zero-order valence-corrected chi connectivity index (χ0v) is 6.94. The number of likely N-dealkylation sites (N-methyl/N-ethyl adjacent to an activating group) is 1. The molecule has 0 rings (SSSR count). The van der Waals surface area contributed by atoms with Gasteiger partial charge < -0.3 is 5.32 Å². The van der Waals surface area contributed by atoms with Crippen molar-refractivity contribution in [1.29, 1.82) is 0 Å². The number of nitrogens with one attached hydrogen (secondary N) is 1. The van der Waals surface area contributed by atoms with Gasteiger partial charge in [0.1, 0.15) is 0 Å². The lowest BCUT2D eigenvalue weighted by Crippen LogP contribution is -2.19. The molecule has 0 fully saturated rings. The van der Waals surface area contributed by atoms with Crippen LogP contribution in [0, 0.1) is 0 Å². The van der Waals surface area contributed by atoms with E-state index in [9.17, 15) is 4.79 Å². The van der Waals surface area contributed by atoms with Crippen LogP contribution in [-0.4, -0.2) is 17.8 Å².